The van der Waals surface area contributed by atoms with Crippen LogP contribution in [0.25, 0.3) is 0 Å². The van der Waals surface area contributed by atoms with Crippen LogP contribution in [-0.4, -0.2) is 34.3 Å². The van der Waals surface area contributed by atoms with Crippen LogP contribution in [0.1, 0.15) is 66.8 Å². The van der Waals surface area contributed by atoms with E-state index in [1.807, 2.05) is 0 Å². The van der Waals surface area contributed by atoms with Crippen LogP contribution in [0.2, 0.25) is 0 Å². The summed E-state index contributed by atoms with van der Waals surface area (Å²) in [7, 11) is 1.41. The van der Waals surface area contributed by atoms with E-state index in [9.17, 15) is 20.1 Å². The monoisotopic (exact) mass is 452 g/mol. The lowest BCUT2D eigenvalue weighted by Gasteiger charge is -2.31. The molecule has 0 saturated heterocycles. The van der Waals surface area contributed by atoms with Crippen molar-refractivity contribution in [2.24, 2.45) is 0 Å². The second-order valence-corrected chi connectivity index (χ2v) is 8.73. The van der Waals surface area contributed by atoms with E-state index in [4.69, 9.17) is 9.47 Å². The molecule has 0 bridgehead atoms. The van der Waals surface area contributed by atoms with Gasteiger partial charge in [0.25, 0.3) is 0 Å². The maximum absolute atomic E-state index is 13.1. The smallest absolute Gasteiger partial charge is 0.199 e. The number of aromatic hydroxyl groups is 2. The van der Waals surface area contributed by atoms with E-state index in [-0.39, 0.29) is 28.6 Å². The van der Waals surface area contributed by atoms with Crippen LogP contribution >= 0.6 is 0 Å². The summed E-state index contributed by atoms with van der Waals surface area (Å²) in [5.74, 6) is -0.0317. The molecule has 2 aromatic rings. The van der Waals surface area contributed by atoms with E-state index in [1.165, 1.54) is 36.5 Å². The third-order valence-corrected chi connectivity index (χ3v) is 5.99. The molecule has 1 aliphatic rings. The van der Waals surface area contributed by atoms with Gasteiger partial charge in [0.2, 0.25) is 0 Å². The van der Waals surface area contributed by atoms with Gasteiger partial charge in [-0.15, -0.1) is 0 Å². The maximum atomic E-state index is 13.1. The highest BCUT2D eigenvalue weighted by molar-refractivity contribution is 6.05. The Labute approximate surface area is 194 Å². The zero-order chi connectivity index (χ0) is 24.3. The Morgan fingerprint density at radius 1 is 1.12 bits per heavy atom. The molecular weight excluding hydrogens is 420 g/mol. The molecule has 0 spiro atoms. The van der Waals surface area contributed by atoms with Gasteiger partial charge >= 0.3 is 0 Å². The first-order valence-corrected chi connectivity index (χ1v) is 11.0. The predicted octanol–water partition coefficient (Wildman–Crippen LogP) is 5.33. The summed E-state index contributed by atoms with van der Waals surface area (Å²) >= 11 is 0. The molecule has 33 heavy (non-hydrogen) atoms. The Bertz CT molecular complexity index is 1110. The minimum Gasteiger partial charge on any atom is -0.508 e. The average molecular weight is 453 g/mol. The number of aliphatic hydroxyl groups excluding tert-OH is 1. The number of carbonyl (C=O) groups is 1. The first-order valence-electron chi connectivity index (χ1n) is 11.0. The maximum Gasteiger partial charge on any atom is 0.199 e. The first kappa shape index (κ1) is 24.4. The number of ketones is 1. The van der Waals surface area contributed by atoms with Crippen molar-refractivity contribution in [3.8, 4) is 23.0 Å². The summed E-state index contributed by atoms with van der Waals surface area (Å²) < 4.78 is 11.1. The second-order valence-electron chi connectivity index (χ2n) is 8.73. The lowest BCUT2D eigenvalue weighted by molar-refractivity contribution is 0.0213. The van der Waals surface area contributed by atoms with Crippen molar-refractivity contribution in [3.63, 3.8) is 0 Å². The SMILES string of the molecule is COc1cc(C2Oc3cc(O)c(C/C=C(\C)CCC=C(C)C)c(C)c3C(=O)[C@@H]2O)ccc1O. The summed E-state index contributed by atoms with van der Waals surface area (Å²) in [6, 6.07) is 5.94. The molecule has 3 rings (SSSR count). The standard InChI is InChI=1S/C27H32O6/c1-15(2)7-6-8-16(3)9-11-19-17(4)24-23(14-21(19)29)33-27(26(31)25(24)30)18-10-12-20(28)22(13-18)32-5/h7,9-10,12-14,26-29,31H,6,8,11H2,1-5H3/b16-9+/t26-,27?/m0/s1. The fourth-order valence-corrected chi connectivity index (χ4v) is 4.04. The van der Waals surface area contributed by atoms with E-state index in [0.29, 0.717) is 23.1 Å². The number of benzene rings is 2. The third-order valence-electron chi connectivity index (χ3n) is 5.99. The van der Waals surface area contributed by atoms with Crippen LogP contribution in [0.5, 0.6) is 23.0 Å². The molecule has 1 unspecified atom stereocenters. The van der Waals surface area contributed by atoms with Crippen molar-refractivity contribution in [2.75, 3.05) is 7.11 Å². The fraction of sp³-hybridized carbons (Fsp3) is 0.370. The molecule has 2 aromatic carbocycles. The molecule has 0 amide bonds. The number of fused-ring (bicyclic) bond motifs is 1. The molecule has 0 radical (unpaired) electrons. The van der Waals surface area contributed by atoms with Gasteiger partial charge in [0.15, 0.2) is 29.5 Å². The zero-order valence-electron chi connectivity index (χ0n) is 19.8. The van der Waals surface area contributed by atoms with Gasteiger partial charge in [0.05, 0.1) is 12.7 Å². The molecule has 0 fully saturated rings. The van der Waals surface area contributed by atoms with Crippen LogP contribution < -0.4 is 9.47 Å². The summed E-state index contributed by atoms with van der Waals surface area (Å²) in [5, 5.41) is 31.3. The Morgan fingerprint density at radius 3 is 2.52 bits per heavy atom. The average Bonchev–Trinajstić information content (AvgIpc) is 2.76. The number of methoxy groups -OCH3 is 1. The minimum atomic E-state index is -1.43. The zero-order valence-corrected chi connectivity index (χ0v) is 19.8. The number of phenolic OH excluding ortho intramolecular Hbond substituents is 2. The van der Waals surface area contributed by atoms with Gasteiger partial charge in [-0.05, 0) is 70.2 Å². The molecule has 2 atom stereocenters. The number of aliphatic hydroxyl groups is 1. The minimum absolute atomic E-state index is 0.0471. The van der Waals surface area contributed by atoms with Crippen molar-refractivity contribution in [1.82, 2.24) is 0 Å². The first-order chi connectivity index (χ1) is 15.6. The molecule has 176 valence electrons. The van der Waals surface area contributed by atoms with Gasteiger partial charge in [-0.3, -0.25) is 4.79 Å². The van der Waals surface area contributed by atoms with Crippen molar-refractivity contribution >= 4 is 5.78 Å². The van der Waals surface area contributed by atoms with Gasteiger partial charge in [0, 0.05) is 11.6 Å². The van der Waals surface area contributed by atoms with Crippen LogP contribution in [0, 0.1) is 6.92 Å². The second kappa shape index (κ2) is 10.1. The highest BCUT2D eigenvalue weighted by atomic mass is 16.5. The van der Waals surface area contributed by atoms with E-state index in [1.54, 1.807) is 13.0 Å². The van der Waals surface area contributed by atoms with Crippen molar-refractivity contribution in [2.45, 2.75) is 59.2 Å². The quantitative estimate of drug-likeness (QED) is 0.492. The summed E-state index contributed by atoms with van der Waals surface area (Å²) in [5.41, 5.74) is 4.49. The summed E-state index contributed by atoms with van der Waals surface area (Å²) in [6.45, 7) is 7.96. The molecule has 3 N–H and O–H groups in total. The van der Waals surface area contributed by atoms with E-state index in [0.717, 1.165) is 12.8 Å². The predicted molar refractivity (Wildman–Crippen MR) is 127 cm³/mol. The Balaban J connectivity index is 1.90. The summed E-state index contributed by atoms with van der Waals surface area (Å²) in [4.78, 5) is 13.1. The van der Waals surface area contributed by atoms with Gasteiger partial charge < -0.3 is 24.8 Å². The van der Waals surface area contributed by atoms with Crippen LogP contribution in [0.3, 0.4) is 0 Å². The molecule has 6 nitrogen and oxygen atoms in total. The Kier molecular flexibility index (Phi) is 7.49. The van der Waals surface area contributed by atoms with Crippen molar-refractivity contribution in [3.05, 3.63) is 69.8 Å². The van der Waals surface area contributed by atoms with Gasteiger partial charge in [0.1, 0.15) is 11.5 Å². The normalized spacial score (nSPS) is 17.9. The molecule has 0 aliphatic carbocycles. The highest BCUT2D eigenvalue weighted by Gasteiger charge is 2.39. The largest absolute Gasteiger partial charge is 0.508 e. The third kappa shape index (κ3) is 5.22. The number of Topliss-reactive ketones (excluding diaryl/α,β-unsaturated/α-hetero) is 1. The summed E-state index contributed by atoms with van der Waals surface area (Å²) in [6.07, 6.45) is 4.20. The number of rotatable bonds is 7. The van der Waals surface area contributed by atoms with E-state index in [2.05, 4.69) is 32.9 Å². The van der Waals surface area contributed by atoms with Gasteiger partial charge in [-0.1, -0.05) is 29.4 Å². The van der Waals surface area contributed by atoms with E-state index < -0.39 is 18.0 Å². The van der Waals surface area contributed by atoms with Crippen LogP contribution in [0.15, 0.2) is 47.6 Å². The highest BCUT2D eigenvalue weighted by Crippen LogP contribution is 2.42. The molecule has 1 aliphatic heterocycles. The van der Waals surface area contributed by atoms with Gasteiger partial charge in [-0.2, -0.15) is 0 Å². The molecular formula is C27H32O6. The number of hydrogen-bond donors (Lipinski definition) is 3. The van der Waals surface area contributed by atoms with Crippen LogP contribution in [0.4, 0.5) is 0 Å². The number of phenols is 2. The van der Waals surface area contributed by atoms with E-state index >= 15 is 0 Å². The van der Waals surface area contributed by atoms with Crippen molar-refractivity contribution in [1.29, 1.82) is 0 Å². The number of carbonyl (C=O) groups excluding carboxylic acids is 1. The van der Waals surface area contributed by atoms with Crippen molar-refractivity contribution < 1.29 is 29.6 Å². The number of ether oxygens (including phenoxy) is 2. The van der Waals surface area contributed by atoms with Gasteiger partial charge in [-0.25, -0.2) is 0 Å². The molecule has 0 aromatic heterocycles. The Hall–Kier alpha value is -3.25. The number of hydrogen-bond acceptors (Lipinski definition) is 6. The lowest BCUT2D eigenvalue weighted by atomic mass is 9.88. The topological polar surface area (TPSA) is 96.2 Å². The Morgan fingerprint density at radius 2 is 1.85 bits per heavy atom. The molecule has 1 heterocycles. The van der Waals surface area contributed by atoms with Crippen LogP contribution in [-0.2, 0) is 6.42 Å². The molecule has 0 saturated carbocycles. The molecule has 6 heteroatoms. The number of allylic oxidation sites excluding steroid dienone is 4. The lowest BCUT2D eigenvalue weighted by Crippen LogP contribution is -2.37. The fourth-order valence-electron chi connectivity index (χ4n) is 4.04.